The Morgan fingerprint density at radius 2 is 1.81 bits per heavy atom. The molecule has 0 aromatic carbocycles. The van der Waals surface area contributed by atoms with E-state index in [4.69, 9.17) is 4.74 Å². The summed E-state index contributed by atoms with van der Waals surface area (Å²) in [5, 5.41) is 1.26. The van der Waals surface area contributed by atoms with Gasteiger partial charge in [-0.3, -0.25) is 14.3 Å². The molecular formula is C27H38N6O4. The molecule has 37 heavy (non-hydrogen) atoms. The van der Waals surface area contributed by atoms with Crippen LogP contribution in [0.3, 0.4) is 0 Å². The molecule has 2 fully saturated rings. The number of nitrogens with zero attached hydrogens (tertiary/aromatic N) is 4. The monoisotopic (exact) mass is 510 g/mol. The second kappa shape index (κ2) is 10.3. The van der Waals surface area contributed by atoms with Crippen LogP contribution < -0.4 is 11.2 Å². The molecule has 0 atom stereocenters. The third kappa shape index (κ3) is 5.58. The maximum atomic E-state index is 12.9. The number of aromatic amines is 2. The van der Waals surface area contributed by atoms with Crippen LogP contribution in [0.5, 0.6) is 0 Å². The van der Waals surface area contributed by atoms with Gasteiger partial charge in [0.2, 0.25) is 0 Å². The Kier molecular flexibility index (Phi) is 7.11. The van der Waals surface area contributed by atoms with Crippen LogP contribution in [0.15, 0.2) is 28.0 Å². The number of fused-ring (bicyclic) bond motifs is 3. The average molecular weight is 511 g/mol. The minimum Gasteiger partial charge on any atom is -0.444 e. The molecule has 5 heterocycles. The number of ether oxygens (including phenoxy) is 1. The van der Waals surface area contributed by atoms with Crippen LogP contribution in [0.1, 0.15) is 65.3 Å². The third-order valence-electron chi connectivity index (χ3n) is 7.76. The minimum absolute atomic E-state index is 0.0424. The van der Waals surface area contributed by atoms with Gasteiger partial charge in [-0.25, -0.2) is 14.6 Å². The van der Waals surface area contributed by atoms with E-state index >= 15 is 0 Å². The smallest absolute Gasteiger partial charge is 0.410 e. The van der Waals surface area contributed by atoms with Gasteiger partial charge in [0.15, 0.2) is 0 Å². The molecule has 0 spiro atoms. The van der Waals surface area contributed by atoms with Crippen molar-refractivity contribution in [2.24, 2.45) is 5.92 Å². The first-order chi connectivity index (χ1) is 17.7. The van der Waals surface area contributed by atoms with Crippen LogP contribution in [-0.2, 0) is 4.74 Å². The van der Waals surface area contributed by atoms with Crippen molar-refractivity contribution in [3.05, 3.63) is 39.3 Å². The summed E-state index contributed by atoms with van der Waals surface area (Å²) in [5.74, 6) is 0.652. The Hall–Kier alpha value is -3.14. The zero-order valence-corrected chi connectivity index (χ0v) is 22.1. The zero-order chi connectivity index (χ0) is 26.2. The summed E-state index contributed by atoms with van der Waals surface area (Å²) in [6.45, 7) is 10.2. The van der Waals surface area contributed by atoms with Gasteiger partial charge in [0, 0.05) is 50.0 Å². The van der Waals surface area contributed by atoms with Gasteiger partial charge in [-0.1, -0.05) is 0 Å². The maximum Gasteiger partial charge on any atom is 0.410 e. The summed E-state index contributed by atoms with van der Waals surface area (Å²) in [6, 6.07) is 1.92. The third-order valence-corrected chi connectivity index (χ3v) is 7.76. The molecule has 0 saturated carbocycles. The van der Waals surface area contributed by atoms with Gasteiger partial charge in [-0.05, 0) is 77.8 Å². The first-order valence-corrected chi connectivity index (χ1v) is 13.5. The molecule has 2 saturated heterocycles. The molecule has 10 heteroatoms. The largest absolute Gasteiger partial charge is 0.444 e. The van der Waals surface area contributed by atoms with Crippen LogP contribution in [0.25, 0.3) is 21.9 Å². The molecule has 1 amide bonds. The SMILES string of the molecule is CC(C)(C)OC(=O)N1CCC(CCCN2CCC(n3c(=O)[nH]c(=O)c4cnc5[nH]ccc5c43)CC2)CC1. The Morgan fingerprint density at radius 3 is 2.51 bits per heavy atom. The summed E-state index contributed by atoms with van der Waals surface area (Å²) in [7, 11) is 0. The van der Waals surface area contributed by atoms with Crippen molar-refractivity contribution in [1.82, 2.24) is 29.3 Å². The Balaban J connectivity index is 1.13. The topological polar surface area (TPSA) is 116 Å². The maximum absolute atomic E-state index is 12.9. The van der Waals surface area contributed by atoms with Gasteiger partial charge in [-0.2, -0.15) is 0 Å². The van der Waals surface area contributed by atoms with Gasteiger partial charge >= 0.3 is 11.8 Å². The van der Waals surface area contributed by atoms with E-state index in [1.54, 1.807) is 17.0 Å². The number of aromatic nitrogens is 4. The number of likely N-dealkylation sites (tertiary alicyclic amines) is 2. The zero-order valence-electron chi connectivity index (χ0n) is 22.1. The van der Waals surface area contributed by atoms with Crippen LogP contribution >= 0.6 is 0 Å². The van der Waals surface area contributed by atoms with E-state index in [2.05, 4.69) is 19.9 Å². The number of pyridine rings is 1. The molecule has 5 rings (SSSR count). The van der Waals surface area contributed by atoms with Crippen molar-refractivity contribution in [3.63, 3.8) is 0 Å². The highest BCUT2D eigenvalue weighted by atomic mass is 16.6. The molecule has 2 aliphatic rings. The van der Waals surface area contributed by atoms with Gasteiger partial charge < -0.3 is 19.5 Å². The standard InChI is InChI=1S/C27H38N6O4/c1-27(2,3)37-26(36)32-15-7-18(8-16-32)5-4-12-31-13-9-19(10-14-31)33-22-20-6-11-28-23(20)29-17-21(22)24(34)30-25(33)35/h6,11,17-19H,4-5,7-10,12-16H2,1-3H3,(H,28,29)(H,30,34,35). The molecule has 10 nitrogen and oxygen atoms in total. The van der Waals surface area contributed by atoms with Crippen LogP contribution in [0.4, 0.5) is 4.79 Å². The summed E-state index contributed by atoms with van der Waals surface area (Å²) in [6.07, 6.45) is 9.25. The van der Waals surface area contributed by atoms with Crippen LogP contribution in [-0.4, -0.2) is 73.7 Å². The van der Waals surface area contributed by atoms with Gasteiger partial charge in [0.1, 0.15) is 11.2 Å². The van der Waals surface area contributed by atoms with E-state index in [1.807, 2.05) is 31.7 Å². The molecular weight excluding hydrogens is 472 g/mol. The van der Waals surface area contributed by atoms with Crippen molar-refractivity contribution in [3.8, 4) is 0 Å². The van der Waals surface area contributed by atoms with Gasteiger partial charge in [0.05, 0.1) is 10.9 Å². The molecule has 3 aromatic rings. The number of carbonyl (C=O) groups excluding carboxylic acids is 1. The van der Waals surface area contributed by atoms with Gasteiger partial charge in [-0.15, -0.1) is 0 Å². The highest BCUT2D eigenvalue weighted by Crippen LogP contribution is 2.28. The molecule has 200 valence electrons. The van der Waals surface area contributed by atoms with Crippen LogP contribution in [0, 0.1) is 5.92 Å². The molecule has 2 aliphatic heterocycles. The first kappa shape index (κ1) is 25.5. The number of nitrogens with one attached hydrogen (secondary N) is 2. The normalized spacial score (nSPS) is 18.6. The summed E-state index contributed by atoms with van der Waals surface area (Å²) < 4.78 is 7.29. The minimum atomic E-state index is -0.453. The van der Waals surface area contributed by atoms with E-state index in [-0.39, 0.29) is 23.4 Å². The number of carbonyl (C=O) groups is 1. The van der Waals surface area contributed by atoms with Crippen molar-refractivity contribution >= 4 is 28.0 Å². The van der Waals surface area contributed by atoms with E-state index in [0.29, 0.717) is 22.5 Å². The molecule has 0 bridgehead atoms. The number of H-pyrrole nitrogens is 2. The van der Waals surface area contributed by atoms with Gasteiger partial charge in [0.25, 0.3) is 5.56 Å². The number of rotatable bonds is 5. The fourth-order valence-corrected chi connectivity index (χ4v) is 5.83. The second-order valence-corrected chi connectivity index (χ2v) is 11.5. The lowest BCUT2D eigenvalue weighted by Crippen LogP contribution is -2.42. The number of amides is 1. The fourth-order valence-electron chi connectivity index (χ4n) is 5.83. The van der Waals surface area contributed by atoms with Crippen molar-refractivity contribution in [1.29, 1.82) is 0 Å². The van der Waals surface area contributed by atoms with Crippen LogP contribution in [0.2, 0.25) is 0 Å². The lowest BCUT2D eigenvalue weighted by Gasteiger charge is -2.35. The lowest BCUT2D eigenvalue weighted by atomic mass is 9.92. The van der Waals surface area contributed by atoms with E-state index < -0.39 is 5.60 Å². The first-order valence-electron chi connectivity index (χ1n) is 13.5. The number of hydrogen-bond acceptors (Lipinski definition) is 6. The molecule has 0 unspecified atom stereocenters. The van der Waals surface area contributed by atoms with E-state index in [9.17, 15) is 14.4 Å². The summed E-state index contributed by atoms with van der Waals surface area (Å²) in [4.78, 5) is 51.9. The van der Waals surface area contributed by atoms with E-state index in [1.165, 1.54) is 6.42 Å². The highest BCUT2D eigenvalue weighted by molar-refractivity contribution is 6.01. The molecule has 0 radical (unpaired) electrons. The molecule has 2 N–H and O–H groups in total. The highest BCUT2D eigenvalue weighted by Gasteiger charge is 2.28. The lowest BCUT2D eigenvalue weighted by molar-refractivity contribution is 0.0179. The Labute approximate surface area is 216 Å². The second-order valence-electron chi connectivity index (χ2n) is 11.5. The Morgan fingerprint density at radius 1 is 1.08 bits per heavy atom. The fraction of sp³-hybridized carbons (Fsp3) is 0.630. The quantitative estimate of drug-likeness (QED) is 0.542. The molecule has 3 aromatic heterocycles. The Bertz CT molecular complexity index is 1370. The summed E-state index contributed by atoms with van der Waals surface area (Å²) in [5.41, 5.74) is 0.172. The number of piperidine rings is 2. The predicted molar refractivity (Wildman–Crippen MR) is 143 cm³/mol. The number of hydrogen-bond donors (Lipinski definition) is 2. The van der Waals surface area contributed by atoms with Crippen molar-refractivity contribution in [2.45, 2.75) is 70.9 Å². The van der Waals surface area contributed by atoms with E-state index in [0.717, 1.165) is 70.2 Å². The predicted octanol–water partition coefficient (Wildman–Crippen LogP) is 3.63. The summed E-state index contributed by atoms with van der Waals surface area (Å²) >= 11 is 0. The van der Waals surface area contributed by atoms with Crippen molar-refractivity contribution < 1.29 is 9.53 Å². The average Bonchev–Trinajstić information content (AvgIpc) is 3.34. The molecule has 0 aliphatic carbocycles. The van der Waals surface area contributed by atoms with Crippen molar-refractivity contribution in [2.75, 3.05) is 32.7 Å².